The van der Waals surface area contributed by atoms with E-state index in [1.54, 1.807) is 6.08 Å². The summed E-state index contributed by atoms with van der Waals surface area (Å²) in [7, 11) is 1.95. The van der Waals surface area contributed by atoms with E-state index >= 15 is 0 Å². The first kappa shape index (κ1) is 18.6. The van der Waals surface area contributed by atoms with E-state index in [1.165, 1.54) is 6.07 Å². The monoisotopic (exact) mass is 363 g/mol. The maximum absolute atomic E-state index is 13.3. The molecule has 0 saturated carbocycles. The number of benzene rings is 2. The molecule has 2 aromatic carbocycles. The Morgan fingerprint density at radius 1 is 1.04 bits per heavy atom. The second-order valence-electron chi connectivity index (χ2n) is 6.28. The predicted octanol–water partition coefficient (Wildman–Crippen LogP) is 4.07. The number of aromatic nitrogens is 1. The molecule has 3 aromatic rings. The highest BCUT2D eigenvalue weighted by atomic mass is 19.1. The van der Waals surface area contributed by atoms with Crippen molar-refractivity contribution in [2.45, 2.75) is 0 Å². The van der Waals surface area contributed by atoms with E-state index < -0.39 is 5.82 Å². The van der Waals surface area contributed by atoms with Crippen LogP contribution in [0.3, 0.4) is 0 Å². The van der Waals surface area contributed by atoms with Crippen molar-refractivity contribution in [3.8, 4) is 11.1 Å². The first-order valence-corrected chi connectivity index (χ1v) is 8.68. The molecule has 0 amide bonds. The van der Waals surface area contributed by atoms with Gasteiger partial charge in [0.05, 0.1) is 12.8 Å². The molecule has 4 nitrogen and oxygen atoms in total. The minimum atomic E-state index is -0.410. The summed E-state index contributed by atoms with van der Waals surface area (Å²) >= 11 is 0. The number of nitrogen functional groups attached to an aromatic ring is 1. The highest BCUT2D eigenvalue weighted by Crippen LogP contribution is 2.24. The standard InChI is InChI=1S/C22H22FN3O/c1-26(12-13-27)21-10-8-18(9-11-21)17-5-2-16(3-6-17)4-7-19-14-20(23)15-25-22(19)24/h2-11,14-15,27H,12-13H2,1H3,(H2,24,25)/b7-4+. The van der Waals surface area contributed by atoms with E-state index in [0.717, 1.165) is 28.6 Å². The van der Waals surface area contributed by atoms with Crippen LogP contribution in [-0.4, -0.2) is 30.3 Å². The summed E-state index contributed by atoms with van der Waals surface area (Å²) in [6.07, 6.45) is 4.74. The molecule has 0 bridgehead atoms. The van der Waals surface area contributed by atoms with Crippen molar-refractivity contribution in [3.63, 3.8) is 0 Å². The molecule has 0 spiro atoms. The number of anilines is 2. The maximum atomic E-state index is 13.3. The molecule has 27 heavy (non-hydrogen) atoms. The fraction of sp³-hybridized carbons (Fsp3) is 0.136. The van der Waals surface area contributed by atoms with Gasteiger partial charge in [-0.3, -0.25) is 0 Å². The van der Waals surface area contributed by atoms with Crippen molar-refractivity contribution in [3.05, 3.63) is 77.7 Å². The van der Waals surface area contributed by atoms with Crippen LogP contribution < -0.4 is 10.6 Å². The quantitative estimate of drug-likeness (QED) is 0.693. The molecule has 1 aromatic heterocycles. The molecule has 0 atom stereocenters. The van der Waals surface area contributed by atoms with Crippen LogP contribution in [0.25, 0.3) is 23.3 Å². The summed E-state index contributed by atoms with van der Waals surface area (Å²) in [5, 5.41) is 9.03. The number of aliphatic hydroxyl groups is 1. The summed E-state index contributed by atoms with van der Waals surface area (Å²) in [4.78, 5) is 5.81. The van der Waals surface area contributed by atoms with Crippen LogP contribution >= 0.6 is 0 Å². The number of hydrogen-bond donors (Lipinski definition) is 2. The second-order valence-corrected chi connectivity index (χ2v) is 6.28. The molecule has 0 unspecified atom stereocenters. The Kier molecular flexibility index (Phi) is 5.84. The van der Waals surface area contributed by atoms with Gasteiger partial charge < -0.3 is 15.7 Å². The van der Waals surface area contributed by atoms with Gasteiger partial charge in [0.2, 0.25) is 0 Å². The van der Waals surface area contributed by atoms with Crippen LogP contribution in [0.15, 0.2) is 60.8 Å². The summed E-state index contributed by atoms with van der Waals surface area (Å²) in [6.45, 7) is 0.732. The number of hydrogen-bond acceptors (Lipinski definition) is 4. The van der Waals surface area contributed by atoms with Gasteiger partial charge in [0.1, 0.15) is 11.6 Å². The van der Waals surface area contributed by atoms with Crippen molar-refractivity contribution >= 4 is 23.7 Å². The first-order valence-electron chi connectivity index (χ1n) is 8.68. The zero-order valence-electron chi connectivity index (χ0n) is 15.1. The minimum Gasteiger partial charge on any atom is -0.395 e. The van der Waals surface area contributed by atoms with Crippen LogP contribution in [0.1, 0.15) is 11.1 Å². The number of pyridine rings is 1. The van der Waals surface area contributed by atoms with Gasteiger partial charge in [0.25, 0.3) is 0 Å². The SMILES string of the molecule is CN(CCO)c1ccc(-c2ccc(/C=C/c3cc(F)cnc3N)cc2)cc1. The van der Waals surface area contributed by atoms with Gasteiger partial charge >= 0.3 is 0 Å². The van der Waals surface area contributed by atoms with Crippen LogP contribution in [0.2, 0.25) is 0 Å². The zero-order valence-corrected chi connectivity index (χ0v) is 15.1. The third-order valence-electron chi connectivity index (χ3n) is 4.36. The van der Waals surface area contributed by atoms with Gasteiger partial charge in [-0.15, -0.1) is 0 Å². The van der Waals surface area contributed by atoms with Crippen LogP contribution in [0.4, 0.5) is 15.9 Å². The Bertz CT molecular complexity index is 921. The van der Waals surface area contributed by atoms with Crippen molar-refractivity contribution in [1.29, 1.82) is 0 Å². The van der Waals surface area contributed by atoms with Gasteiger partial charge in [0.15, 0.2) is 0 Å². The van der Waals surface area contributed by atoms with E-state index in [2.05, 4.69) is 17.1 Å². The third-order valence-corrected chi connectivity index (χ3v) is 4.36. The van der Waals surface area contributed by atoms with Gasteiger partial charge in [-0.25, -0.2) is 9.37 Å². The lowest BCUT2D eigenvalue weighted by atomic mass is 10.0. The number of rotatable bonds is 6. The van der Waals surface area contributed by atoms with E-state index in [-0.39, 0.29) is 6.61 Å². The fourth-order valence-electron chi connectivity index (χ4n) is 2.76. The third kappa shape index (κ3) is 4.71. The second kappa shape index (κ2) is 8.47. The lowest BCUT2D eigenvalue weighted by Crippen LogP contribution is -2.20. The summed E-state index contributed by atoms with van der Waals surface area (Å²) < 4.78 is 13.3. The molecule has 138 valence electrons. The summed E-state index contributed by atoms with van der Waals surface area (Å²) in [5.41, 5.74) is 10.6. The predicted molar refractivity (Wildman–Crippen MR) is 110 cm³/mol. The van der Waals surface area contributed by atoms with Gasteiger partial charge in [-0.1, -0.05) is 48.6 Å². The highest BCUT2D eigenvalue weighted by molar-refractivity contribution is 5.75. The molecule has 0 aliphatic heterocycles. The minimum absolute atomic E-state index is 0.130. The summed E-state index contributed by atoms with van der Waals surface area (Å²) in [6, 6.07) is 17.7. The normalized spacial score (nSPS) is 11.1. The van der Waals surface area contributed by atoms with Crippen molar-refractivity contribution < 1.29 is 9.50 Å². The molecule has 3 rings (SSSR count). The molecular weight excluding hydrogens is 341 g/mol. The smallest absolute Gasteiger partial charge is 0.142 e. The Morgan fingerprint density at radius 2 is 1.67 bits per heavy atom. The van der Waals surface area contributed by atoms with Gasteiger partial charge in [0, 0.05) is 24.8 Å². The molecule has 0 aliphatic carbocycles. The van der Waals surface area contributed by atoms with Gasteiger partial charge in [-0.05, 0) is 34.9 Å². The molecule has 5 heteroatoms. The van der Waals surface area contributed by atoms with Crippen LogP contribution in [-0.2, 0) is 0 Å². The molecule has 0 saturated heterocycles. The highest BCUT2D eigenvalue weighted by Gasteiger charge is 2.02. The topological polar surface area (TPSA) is 62.4 Å². The molecule has 0 radical (unpaired) electrons. The lowest BCUT2D eigenvalue weighted by Gasteiger charge is -2.18. The van der Waals surface area contributed by atoms with Gasteiger partial charge in [-0.2, -0.15) is 0 Å². The molecular formula is C22H22FN3O. The Labute approximate surface area is 158 Å². The number of nitrogens with zero attached hydrogens (tertiary/aromatic N) is 2. The number of halogens is 1. The van der Waals surface area contributed by atoms with E-state index in [4.69, 9.17) is 10.8 Å². The number of nitrogens with two attached hydrogens (primary N) is 1. The fourth-order valence-corrected chi connectivity index (χ4v) is 2.76. The van der Waals surface area contributed by atoms with Crippen molar-refractivity contribution in [1.82, 2.24) is 4.98 Å². The molecule has 0 aliphatic rings. The average Bonchev–Trinajstić information content (AvgIpc) is 2.69. The van der Waals surface area contributed by atoms with Crippen molar-refractivity contribution in [2.24, 2.45) is 0 Å². The molecule has 3 N–H and O–H groups in total. The van der Waals surface area contributed by atoms with E-state index in [9.17, 15) is 4.39 Å². The van der Waals surface area contributed by atoms with E-state index in [1.807, 2.05) is 54.4 Å². The Balaban J connectivity index is 1.73. The lowest BCUT2D eigenvalue weighted by molar-refractivity contribution is 0.304. The van der Waals surface area contributed by atoms with Crippen molar-refractivity contribution in [2.75, 3.05) is 30.8 Å². The summed E-state index contributed by atoms with van der Waals surface area (Å²) in [5.74, 6) is -0.109. The van der Waals surface area contributed by atoms with Crippen LogP contribution in [0.5, 0.6) is 0 Å². The number of aliphatic hydroxyl groups excluding tert-OH is 1. The Hall–Kier alpha value is -3.18. The zero-order chi connectivity index (χ0) is 19.2. The van der Waals surface area contributed by atoms with Crippen LogP contribution in [0, 0.1) is 5.82 Å². The van der Waals surface area contributed by atoms with E-state index in [0.29, 0.717) is 17.9 Å². The molecule has 0 fully saturated rings. The molecule has 1 heterocycles. The largest absolute Gasteiger partial charge is 0.395 e. The maximum Gasteiger partial charge on any atom is 0.142 e. The average molecular weight is 363 g/mol. The number of likely N-dealkylation sites (N-methyl/N-ethyl adjacent to an activating group) is 1. The first-order chi connectivity index (χ1) is 13.1. The Morgan fingerprint density at radius 3 is 2.30 bits per heavy atom.